The number of para-hydroxylation sites is 1. The maximum Gasteiger partial charge on any atom is 0.264 e. The summed E-state index contributed by atoms with van der Waals surface area (Å²) in [6, 6.07) is 20.4. The van der Waals surface area contributed by atoms with Crippen LogP contribution in [0.5, 0.6) is 5.75 Å². The first kappa shape index (κ1) is 23.3. The largest absolute Gasteiger partial charge is 0.496 e. The zero-order valence-corrected chi connectivity index (χ0v) is 19.5. The predicted molar refractivity (Wildman–Crippen MR) is 127 cm³/mol. The number of carbonyl (C=O) groups is 1. The van der Waals surface area contributed by atoms with E-state index in [0.717, 1.165) is 21.2 Å². The van der Waals surface area contributed by atoms with Gasteiger partial charge < -0.3 is 10.1 Å². The number of hydrogen-bond acceptors (Lipinski definition) is 4. The van der Waals surface area contributed by atoms with Crippen LogP contribution in [0.4, 0.5) is 5.69 Å². The lowest BCUT2D eigenvalue weighted by Crippen LogP contribution is -2.32. The zero-order chi connectivity index (χ0) is 23.3. The molecule has 0 aliphatic rings. The molecule has 7 heteroatoms. The first-order valence-corrected chi connectivity index (χ1v) is 11.8. The van der Waals surface area contributed by atoms with Gasteiger partial charge >= 0.3 is 0 Å². The molecule has 0 aliphatic heterocycles. The monoisotopic (exact) mass is 452 g/mol. The Hall–Kier alpha value is -3.32. The fourth-order valence-corrected chi connectivity index (χ4v) is 4.83. The Morgan fingerprint density at radius 3 is 2.31 bits per heavy atom. The molecule has 1 amide bonds. The number of amides is 1. The zero-order valence-electron chi connectivity index (χ0n) is 18.7. The Balaban J connectivity index is 1.90. The van der Waals surface area contributed by atoms with E-state index in [-0.39, 0.29) is 22.4 Å². The normalized spacial score (nSPS) is 12.1. The molecular formula is C25H28N2O4S. The van der Waals surface area contributed by atoms with Gasteiger partial charge in [-0.05, 0) is 54.8 Å². The molecule has 3 aromatic rings. The summed E-state index contributed by atoms with van der Waals surface area (Å²) >= 11 is 0. The van der Waals surface area contributed by atoms with Crippen LogP contribution in [-0.2, 0) is 10.0 Å². The van der Waals surface area contributed by atoms with E-state index >= 15 is 0 Å². The number of carbonyl (C=O) groups excluding carboxylic acids is 1. The Morgan fingerprint density at radius 1 is 1.03 bits per heavy atom. The summed E-state index contributed by atoms with van der Waals surface area (Å²) in [7, 11) is -0.728. The van der Waals surface area contributed by atoms with Gasteiger partial charge in [-0.3, -0.25) is 9.10 Å². The minimum atomic E-state index is -3.81. The lowest BCUT2D eigenvalue weighted by Gasteiger charge is -2.24. The summed E-state index contributed by atoms with van der Waals surface area (Å²) in [5.41, 5.74) is 2.54. The van der Waals surface area contributed by atoms with Crippen LogP contribution in [0.2, 0.25) is 0 Å². The van der Waals surface area contributed by atoms with E-state index in [2.05, 4.69) is 5.32 Å². The number of nitrogens with zero attached hydrogens (tertiary/aromatic N) is 1. The Bertz CT molecular complexity index is 1190. The average molecular weight is 453 g/mol. The number of anilines is 1. The van der Waals surface area contributed by atoms with Crippen LogP contribution in [0.15, 0.2) is 77.7 Å². The van der Waals surface area contributed by atoms with Crippen molar-refractivity contribution in [2.45, 2.75) is 31.2 Å². The van der Waals surface area contributed by atoms with Gasteiger partial charge in [-0.2, -0.15) is 0 Å². The third-order valence-electron chi connectivity index (χ3n) is 5.42. The molecule has 0 heterocycles. The summed E-state index contributed by atoms with van der Waals surface area (Å²) in [4.78, 5) is 13.4. The van der Waals surface area contributed by atoms with E-state index in [4.69, 9.17) is 4.74 Å². The van der Waals surface area contributed by atoms with Gasteiger partial charge in [-0.1, -0.05) is 49.4 Å². The molecule has 1 unspecified atom stereocenters. The van der Waals surface area contributed by atoms with Gasteiger partial charge in [-0.25, -0.2) is 8.42 Å². The first-order valence-electron chi connectivity index (χ1n) is 10.4. The number of sulfonamides is 1. The van der Waals surface area contributed by atoms with Crippen molar-refractivity contribution in [3.63, 3.8) is 0 Å². The second-order valence-electron chi connectivity index (χ2n) is 7.47. The van der Waals surface area contributed by atoms with E-state index in [1.54, 1.807) is 49.6 Å². The molecule has 3 aromatic carbocycles. The van der Waals surface area contributed by atoms with Gasteiger partial charge in [0.25, 0.3) is 15.9 Å². The van der Waals surface area contributed by atoms with Crippen LogP contribution in [0.25, 0.3) is 0 Å². The molecule has 3 rings (SSSR count). The summed E-state index contributed by atoms with van der Waals surface area (Å²) < 4.78 is 32.6. The number of nitrogens with one attached hydrogen (secondary N) is 1. The quantitative estimate of drug-likeness (QED) is 0.537. The molecule has 0 saturated carbocycles. The highest BCUT2D eigenvalue weighted by Gasteiger charge is 2.25. The molecule has 1 N–H and O–H groups in total. The van der Waals surface area contributed by atoms with Crippen molar-refractivity contribution in [1.82, 2.24) is 5.32 Å². The van der Waals surface area contributed by atoms with Crippen molar-refractivity contribution in [3.8, 4) is 5.75 Å². The summed E-state index contributed by atoms with van der Waals surface area (Å²) in [5, 5.41) is 3.05. The van der Waals surface area contributed by atoms with E-state index in [1.165, 1.54) is 19.2 Å². The van der Waals surface area contributed by atoms with Gasteiger partial charge in [0.15, 0.2) is 0 Å². The van der Waals surface area contributed by atoms with Gasteiger partial charge in [0.05, 0.1) is 29.3 Å². The number of hydrogen-bond donors (Lipinski definition) is 1. The minimum absolute atomic E-state index is 0.165. The van der Waals surface area contributed by atoms with Crippen LogP contribution in [0.1, 0.15) is 40.9 Å². The van der Waals surface area contributed by atoms with Crippen LogP contribution >= 0.6 is 0 Å². The Morgan fingerprint density at radius 2 is 1.69 bits per heavy atom. The molecule has 0 saturated heterocycles. The molecule has 0 aromatic heterocycles. The highest BCUT2D eigenvalue weighted by molar-refractivity contribution is 7.92. The number of ether oxygens (including phenoxy) is 1. The Labute approximate surface area is 189 Å². The van der Waals surface area contributed by atoms with E-state index < -0.39 is 10.0 Å². The minimum Gasteiger partial charge on any atom is -0.496 e. The molecule has 0 fully saturated rings. The maximum atomic E-state index is 13.2. The summed E-state index contributed by atoms with van der Waals surface area (Å²) in [6.45, 7) is 3.94. The van der Waals surface area contributed by atoms with Crippen LogP contribution in [0, 0.1) is 6.92 Å². The van der Waals surface area contributed by atoms with Crippen LogP contribution in [0.3, 0.4) is 0 Å². The van der Waals surface area contributed by atoms with Crippen LogP contribution < -0.4 is 14.4 Å². The maximum absolute atomic E-state index is 13.2. The SMILES string of the molecule is CCC(NC(=O)c1ccccc1N(C)S(=O)(=O)c1ccccc1)c1ccc(OC)c(C)c1. The van der Waals surface area contributed by atoms with Crippen molar-refractivity contribution in [1.29, 1.82) is 0 Å². The highest BCUT2D eigenvalue weighted by Crippen LogP contribution is 2.28. The number of aryl methyl sites for hydroxylation is 1. The predicted octanol–water partition coefficient (Wildman–Crippen LogP) is 4.71. The van der Waals surface area contributed by atoms with Gasteiger partial charge in [0, 0.05) is 7.05 Å². The third-order valence-corrected chi connectivity index (χ3v) is 7.21. The van der Waals surface area contributed by atoms with Crippen molar-refractivity contribution in [2.24, 2.45) is 0 Å². The number of methoxy groups -OCH3 is 1. The van der Waals surface area contributed by atoms with Crippen molar-refractivity contribution in [2.75, 3.05) is 18.5 Å². The Kier molecular flexibility index (Phi) is 7.20. The molecule has 0 bridgehead atoms. The van der Waals surface area contributed by atoms with Gasteiger partial charge in [0.2, 0.25) is 0 Å². The average Bonchev–Trinajstić information content (AvgIpc) is 2.82. The highest BCUT2D eigenvalue weighted by atomic mass is 32.2. The fraction of sp³-hybridized carbons (Fsp3) is 0.240. The smallest absolute Gasteiger partial charge is 0.264 e. The standard InChI is InChI=1S/C25H28N2O4S/c1-5-22(19-15-16-24(31-4)18(2)17-19)26-25(28)21-13-9-10-14-23(21)27(3)32(29,30)20-11-7-6-8-12-20/h6-17,22H,5H2,1-4H3,(H,26,28). The lowest BCUT2D eigenvalue weighted by molar-refractivity contribution is 0.0936. The number of rotatable bonds is 8. The first-order chi connectivity index (χ1) is 15.3. The molecule has 0 radical (unpaired) electrons. The molecule has 1 atom stereocenters. The molecule has 0 spiro atoms. The molecular weight excluding hydrogens is 424 g/mol. The second-order valence-corrected chi connectivity index (χ2v) is 9.44. The topological polar surface area (TPSA) is 75.7 Å². The third kappa shape index (κ3) is 4.78. The van der Waals surface area contributed by atoms with E-state index in [0.29, 0.717) is 12.1 Å². The number of benzene rings is 3. The summed E-state index contributed by atoms with van der Waals surface area (Å²) in [6.07, 6.45) is 0.678. The van der Waals surface area contributed by atoms with Crippen molar-refractivity contribution < 1.29 is 17.9 Å². The van der Waals surface area contributed by atoms with Crippen molar-refractivity contribution in [3.05, 3.63) is 89.5 Å². The van der Waals surface area contributed by atoms with Crippen LogP contribution in [-0.4, -0.2) is 28.5 Å². The van der Waals surface area contributed by atoms with E-state index in [9.17, 15) is 13.2 Å². The molecule has 6 nitrogen and oxygen atoms in total. The van der Waals surface area contributed by atoms with E-state index in [1.807, 2.05) is 32.0 Å². The fourth-order valence-electron chi connectivity index (χ4n) is 3.60. The van der Waals surface area contributed by atoms with Crippen molar-refractivity contribution >= 4 is 21.6 Å². The molecule has 0 aliphatic carbocycles. The van der Waals surface area contributed by atoms with Gasteiger partial charge in [0.1, 0.15) is 5.75 Å². The summed E-state index contributed by atoms with van der Waals surface area (Å²) in [5.74, 6) is 0.448. The van der Waals surface area contributed by atoms with Gasteiger partial charge in [-0.15, -0.1) is 0 Å². The second kappa shape index (κ2) is 9.87. The molecule has 168 valence electrons. The lowest BCUT2D eigenvalue weighted by atomic mass is 10.0. The molecule has 32 heavy (non-hydrogen) atoms.